The van der Waals surface area contributed by atoms with Gasteiger partial charge in [-0.1, -0.05) is 19.3 Å². The van der Waals surface area contributed by atoms with E-state index in [1.165, 1.54) is 17.1 Å². The molecule has 3 rings (SSSR count). The molecule has 1 N–H and O–H groups in total. The van der Waals surface area contributed by atoms with E-state index < -0.39 is 17.5 Å². The maximum Gasteiger partial charge on any atom is 0.416 e. The molecule has 1 aromatic carbocycles. The van der Waals surface area contributed by atoms with Crippen molar-refractivity contribution >= 4 is 0 Å². The maximum absolute atomic E-state index is 12.7. The second-order valence-corrected chi connectivity index (χ2v) is 6.04. The third kappa shape index (κ3) is 3.16. The predicted octanol–water partition coefficient (Wildman–Crippen LogP) is 4.14. The van der Waals surface area contributed by atoms with Crippen molar-refractivity contribution in [3.8, 4) is 16.9 Å². The van der Waals surface area contributed by atoms with E-state index in [9.17, 15) is 23.1 Å². The Labute approximate surface area is 136 Å². The molecule has 0 unspecified atom stereocenters. The van der Waals surface area contributed by atoms with Gasteiger partial charge < -0.3 is 5.11 Å². The zero-order valence-corrected chi connectivity index (χ0v) is 12.9. The van der Waals surface area contributed by atoms with E-state index >= 15 is 0 Å². The van der Waals surface area contributed by atoms with Crippen LogP contribution >= 0.6 is 0 Å². The molecule has 0 bridgehead atoms. The van der Waals surface area contributed by atoms with Crippen molar-refractivity contribution in [2.75, 3.05) is 0 Å². The fourth-order valence-corrected chi connectivity index (χ4v) is 3.17. The van der Waals surface area contributed by atoms with Crippen molar-refractivity contribution < 1.29 is 18.3 Å². The summed E-state index contributed by atoms with van der Waals surface area (Å²) < 4.78 is 39.6. The number of halogens is 3. The topological polar surface area (TPSA) is 55.1 Å². The van der Waals surface area contributed by atoms with E-state index in [0.29, 0.717) is 6.07 Å². The van der Waals surface area contributed by atoms with Crippen LogP contribution < -0.4 is 5.56 Å². The molecule has 7 heteroatoms. The highest BCUT2D eigenvalue weighted by atomic mass is 19.4. The molecule has 0 radical (unpaired) electrons. The van der Waals surface area contributed by atoms with E-state index in [1.54, 1.807) is 0 Å². The minimum atomic E-state index is -4.55. The molecular formula is C17H17F3N2O2. The van der Waals surface area contributed by atoms with E-state index in [0.717, 1.165) is 44.2 Å². The lowest BCUT2D eigenvalue weighted by atomic mass is 9.95. The van der Waals surface area contributed by atoms with Gasteiger partial charge in [0.1, 0.15) is 5.75 Å². The van der Waals surface area contributed by atoms with Crippen LogP contribution in [0.2, 0.25) is 0 Å². The summed E-state index contributed by atoms with van der Waals surface area (Å²) in [5.41, 5.74) is -1.13. The van der Waals surface area contributed by atoms with Crippen LogP contribution in [-0.4, -0.2) is 14.7 Å². The molecule has 0 aliphatic heterocycles. The Balaban J connectivity index is 2.03. The predicted molar refractivity (Wildman–Crippen MR) is 82.7 cm³/mol. The van der Waals surface area contributed by atoms with Gasteiger partial charge in [0, 0.05) is 17.8 Å². The van der Waals surface area contributed by atoms with Crippen LogP contribution in [-0.2, 0) is 6.18 Å². The maximum atomic E-state index is 12.7. The first-order valence-electron chi connectivity index (χ1n) is 7.84. The van der Waals surface area contributed by atoms with E-state index in [4.69, 9.17) is 0 Å². The number of aromatic nitrogens is 2. The van der Waals surface area contributed by atoms with Gasteiger partial charge in [-0.05, 0) is 31.0 Å². The lowest BCUT2D eigenvalue weighted by molar-refractivity contribution is -0.137. The highest BCUT2D eigenvalue weighted by Gasteiger charge is 2.31. The molecule has 0 atom stereocenters. The Morgan fingerprint density at radius 3 is 2.46 bits per heavy atom. The second kappa shape index (κ2) is 6.30. The summed E-state index contributed by atoms with van der Waals surface area (Å²) in [6.45, 7) is 0. The molecular weight excluding hydrogens is 321 g/mol. The van der Waals surface area contributed by atoms with Crippen LogP contribution in [0.5, 0.6) is 5.75 Å². The van der Waals surface area contributed by atoms with Gasteiger partial charge in [0.2, 0.25) is 0 Å². The standard InChI is InChI=1S/C17H17F3N2O2/c18-17(19,20)11-6-7-13(15(23)8-11)14-9-21-10-22(16(14)24)12-4-2-1-3-5-12/h6-10,12,23H,1-5H2. The van der Waals surface area contributed by atoms with Crippen LogP contribution in [0.3, 0.4) is 0 Å². The highest BCUT2D eigenvalue weighted by Crippen LogP contribution is 2.35. The number of alkyl halides is 3. The molecule has 24 heavy (non-hydrogen) atoms. The number of aromatic hydroxyl groups is 1. The summed E-state index contributed by atoms with van der Waals surface area (Å²) in [5, 5.41) is 9.96. The number of rotatable bonds is 2. The molecule has 1 aliphatic rings. The molecule has 4 nitrogen and oxygen atoms in total. The third-order valence-corrected chi connectivity index (χ3v) is 4.44. The fourth-order valence-electron chi connectivity index (χ4n) is 3.17. The van der Waals surface area contributed by atoms with Gasteiger partial charge in [0.15, 0.2) is 0 Å². The fraction of sp³-hybridized carbons (Fsp3) is 0.412. The average molecular weight is 338 g/mol. The minimum Gasteiger partial charge on any atom is -0.507 e. The van der Waals surface area contributed by atoms with E-state index in [2.05, 4.69) is 4.98 Å². The lowest BCUT2D eigenvalue weighted by Crippen LogP contribution is -2.27. The monoisotopic (exact) mass is 338 g/mol. The summed E-state index contributed by atoms with van der Waals surface area (Å²) in [6, 6.07) is 2.65. The van der Waals surface area contributed by atoms with Gasteiger partial charge in [-0.3, -0.25) is 9.36 Å². The zero-order chi connectivity index (χ0) is 17.3. The quantitative estimate of drug-likeness (QED) is 0.895. The van der Waals surface area contributed by atoms with Crippen LogP contribution in [0.1, 0.15) is 43.7 Å². The third-order valence-electron chi connectivity index (χ3n) is 4.44. The largest absolute Gasteiger partial charge is 0.507 e. The SMILES string of the molecule is O=c1c(-c2ccc(C(F)(F)F)cc2O)cncn1C1CCCCC1. The van der Waals surface area contributed by atoms with Crippen molar-refractivity contribution in [3.05, 3.63) is 46.6 Å². The van der Waals surface area contributed by atoms with Crippen LogP contribution in [0.15, 0.2) is 35.5 Å². The summed E-state index contributed by atoms with van der Waals surface area (Å²) in [7, 11) is 0. The first-order valence-corrected chi connectivity index (χ1v) is 7.84. The Morgan fingerprint density at radius 1 is 1.12 bits per heavy atom. The Kier molecular flexibility index (Phi) is 4.34. The van der Waals surface area contributed by atoms with Crippen LogP contribution in [0, 0.1) is 0 Å². The molecule has 0 saturated heterocycles. The smallest absolute Gasteiger partial charge is 0.416 e. The van der Waals surface area contributed by atoms with Crippen molar-refractivity contribution in [2.24, 2.45) is 0 Å². The van der Waals surface area contributed by atoms with Gasteiger partial charge >= 0.3 is 6.18 Å². The molecule has 1 saturated carbocycles. The number of phenolic OH excluding ortho intramolecular Hbond substituents is 1. The molecule has 1 aromatic heterocycles. The normalized spacial score (nSPS) is 16.3. The first kappa shape index (κ1) is 16.5. The van der Waals surface area contributed by atoms with Crippen LogP contribution in [0.4, 0.5) is 13.2 Å². The number of hydrogen-bond acceptors (Lipinski definition) is 3. The first-order chi connectivity index (χ1) is 11.4. The van der Waals surface area contributed by atoms with Crippen molar-refractivity contribution in [2.45, 2.75) is 44.3 Å². The zero-order valence-electron chi connectivity index (χ0n) is 12.9. The van der Waals surface area contributed by atoms with Gasteiger partial charge in [-0.25, -0.2) is 4.98 Å². The molecule has 0 spiro atoms. The van der Waals surface area contributed by atoms with Crippen molar-refractivity contribution in [1.29, 1.82) is 0 Å². The number of hydrogen-bond donors (Lipinski definition) is 1. The van der Waals surface area contributed by atoms with Crippen molar-refractivity contribution in [3.63, 3.8) is 0 Å². The lowest BCUT2D eigenvalue weighted by Gasteiger charge is -2.23. The Morgan fingerprint density at radius 2 is 1.83 bits per heavy atom. The molecule has 128 valence electrons. The molecule has 0 amide bonds. The van der Waals surface area contributed by atoms with Gasteiger partial charge in [-0.2, -0.15) is 13.2 Å². The second-order valence-electron chi connectivity index (χ2n) is 6.04. The number of phenols is 1. The van der Waals surface area contributed by atoms with Gasteiger partial charge in [0.25, 0.3) is 5.56 Å². The summed E-state index contributed by atoms with van der Waals surface area (Å²) in [6.07, 6.45) is 3.16. The van der Waals surface area contributed by atoms with E-state index in [-0.39, 0.29) is 22.7 Å². The number of nitrogens with zero attached hydrogens (tertiary/aromatic N) is 2. The Hall–Kier alpha value is -2.31. The van der Waals surface area contributed by atoms with Crippen LogP contribution in [0.25, 0.3) is 11.1 Å². The molecule has 1 aliphatic carbocycles. The molecule has 1 fully saturated rings. The van der Waals surface area contributed by atoms with Gasteiger partial charge in [-0.15, -0.1) is 0 Å². The summed E-state index contributed by atoms with van der Waals surface area (Å²) in [4.78, 5) is 16.7. The Bertz CT molecular complexity index is 793. The summed E-state index contributed by atoms with van der Waals surface area (Å²) in [5.74, 6) is -0.579. The highest BCUT2D eigenvalue weighted by molar-refractivity contribution is 5.69. The molecule has 1 heterocycles. The minimum absolute atomic E-state index is 0.0512. The summed E-state index contributed by atoms with van der Waals surface area (Å²) >= 11 is 0. The van der Waals surface area contributed by atoms with Gasteiger partial charge in [0.05, 0.1) is 17.5 Å². The van der Waals surface area contributed by atoms with E-state index in [1.807, 2.05) is 0 Å². The number of benzene rings is 1. The van der Waals surface area contributed by atoms with Crippen molar-refractivity contribution in [1.82, 2.24) is 9.55 Å². The molecule has 2 aromatic rings. The average Bonchev–Trinajstić information content (AvgIpc) is 2.55.